The second-order valence-electron chi connectivity index (χ2n) is 4.66. The molecule has 0 atom stereocenters. The molecule has 1 aliphatic rings. The third kappa shape index (κ3) is 4.64. The molecule has 1 aliphatic carbocycles. The Bertz CT molecular complexity index is 384. The average Bonchev–Trinajstić information content (AvgIpc) is 2.36. The van der Waals surface area contributed by atoms with Crippen molar-refractivity contribution in [2.75, 3.05) is 6.54 Å². The van der Waals surface area contributed by atoms with Gasteiger partial charge < -0.3 is 5.32 Å². The van der Waals surface area contributed by atoms with E-state index in [4.69, 9.17) is 0 Å². The minimum absolute atomic E-state index is 0.965. The van der Waals surface area contributed by atoms with E-state index in [0.29, 0.717) is 0 Å². The minimum Gasteiger partial charge on any atom is -0.312 e. The van der Waals surface area contributed by atoms with E-state index in [9.17, 15) is 0 Å². The first-order valence-electron chi connectivity index (χ1n) is 6.48. The fourth-order valence-electron chi connectivity index (χ4n) is 2.26. The van der Waals surface area contributed by atoms with Crippen molar-refractivity contribution < 1.29 is 0 Å². The molecule has 0 aliphatic heterocycles. The van der Waals surface area contributed by atoms with Crippen LogP contribution in [-0.4, -0.2) is 6.54 Å². The van der Waals surface area contributed by atoms with Crippen molar-refractivity contribution in [3.05, 3.63) is 46.0 Å². The highest BCUT2D eigenvalue weighted by atomic mass is 79.9. The molecule has 1 nitrogen and oxygen atoms in total. The van der Waals surface area contributed by atoms with Crippen LogP contribution in [0.15, 0.2) is 40.4 Å². The zero-order chi connectivity index (χ0) is 11.9. The Hall–Kier alpha value is -0.600. The maximum Gasteiger partial charge on any atom is 0.0206 e. The van der Waals surface area contributed by atoms with Crippen molar-refractivity contribution in [3.8, 4) is 0 Å². The van der Waals surface area contributed by atoms with E-state index < -0.39 is 0 Å². The normalized spacial score (nSPS) is 15.7. The molecule has 2 rings (SSSR count). The first-order valence-corrected chi connectivity index (χ1v) is 7.27. The molecule has 0 fully saturated rings. The topological polar surface area (TPSA) is 12.0 Å². The summed E-state index contributed by atoms with van der Waals surface area (Å²) in [5, 5.41) is 3.51. The van der Waals surface area contributed by atoms with Gasteiger partial charge >= 0.3 is 0 Å². The van der Waals surface area contributed by atoms with Gasteiger partial charge in [0.2, 0.25) is 0 Å². The highest BCUT2D eigenvalue weighted by Crippen LogP contribution is 2.19. The standard InChI is InChI=1S/C15H20BrN/c16-15-8-4-7-14(11-15)12-17-10-9-13-5-2-1-3-6-13/h4-5,7-8,11,17H,1-3,6,9-10,12H2. The Labute approximate surface area is 112 Å². The fraction of sp³-hybridized carbons (Fsp3) is 0.467. The Balaban J connectivity index is 1.67. The van der Waals surface area contributed by atoms with Crippen molar-refractivity contribution in [3.63, 3.8) is 0 Å². The van der Waals surface area contributed by atoms with Crippen molar-refractivity contribution in [1.82, 2.24) is 5.32 Å². The summed E-state index contributed by atoms with van der Waals surface area (Å²) in [6.07, 6.45) is 9.03. The van der Waals surface area contributed by atoms with Crippen LogP contribution in [0.2, 0.25) is 0 Å². The van der Waals surface area contributed by atoms with Gasteiger partial charge in [-0.2, -0.15) is 0 Å². The zero-order valence-electron chi connectivity index (χ0n) is 10.2. The highest BCUT2D eigenvalue weighted by molar-refractivity contribution is 9.10. The van der Waals surface area contributed by atoms with Crippen LogP contribution in [0.25, 0.3) is 0 Å². The van der Waals surface area contributed by atoms with Crippen LogP contribution < -0.4 is 5.32 Å². The molecule has 0 unspecified atom stereocenters. The number of hydrogen-bond donors (Lipinski definition) is 1. The molecule has 0 radical (unpaired) electrons. The molecular formula is C15H20BrN. The lowest BCUT2D eigenvalue weighted by Gasteiger charge is -2.13. The molecule has 1 aromatic carbocycles. The summed E-state index contributed by atoms with van der Waals surface area (Å²) < 4.78 is 1.16. The number of hydrogen-bond acceptors (Lipinski definition) is 1. The maximum absolute atomic E-state index is 3.51. The van der Waals surface area contributed by atoms with E-state index in [0.717, 1.165) is 17.6 Å². The predicted octanol–water partition coefficient (Wildman–Crippen LogP) is 4.43. The number of allylic oxidation sites excluding steroid dienone is 1. The van der Waals surface area contributed by atoms with Gasteiger partial charge in [0.15, 0.2) is 0 Å². The first-order chi connectivity index (χ1) is 8.34. The van der Waals surface area contributed by atoms with Crippen LogP contribution in [0.3, 0.4) is 0 Å². The van der Waals surface area contributed by atoms with Gasteiger partial charge in [-0.3, -0.25) is 0 Å². The Kier molecular flexibility index (Phi) is 5.27. The molecule has 2 heteroatoms. The molecule has 0 spiro atoms. The lowest BCUT2D eigenvalue weighted by molar-refractivity contribution is 0.632. The summed E-state index contributed by atoms with van der Waals surface area (Å²) in [6.45, 7) is 2.06. The van der Waals surface area contributed by atoms with Crippen LogP contribution in [0.5, 0.6) is 0 Å². The number of benzene rings is 1. The summed E-state index contributed by atoms with van der Waals surface area (Å²) in [6, 6.07) is 8.49. The molecule has 17 heavy (non-hydrogen) atoms. The van der Waals surface area contributed by atoms with Crippen molar-refractivity contribution in [2.45, 2.75) is 38.6 Å². The lowest BCUT2D eigenvalue weighted by atomic mass is 9.97. The van der Waals surface area contributed by atoms with E-state index >= 15 is 0 Å². The van der Waals surface area contributed by atoms with Gasteiger partial charge in [-0.05, 0) is 56.3 Å². The van der Waals surface area contributed by atoms with Gasteiger partial charge in [-0.15, -0.1) is 0 Å². The van der Waals surface area contributed by atoms with Crippen LogP contribution in [-0.2, 0) is 6.54 Å². The van der Waals surface area contributed by atoms with E-state index in [2.05, 4.69) is 51.6 Å². The van der Waals surface area contributed by atoms with Crippen LogP contribution >= 0.6 is 15.9 Å². The molecule has 1 aromatic rings. The SMILES string of the molecule is Brc1cccc(CNCCC2=CCCCC2)c1. The monoisotopic (exact) mass is 293 g/mol. The fourth-order valence-corrected chi connectivity index (χ4v) is 2.71. The first kappa shape index (κ1) is 12.8. The molecule has 0 bridgehead atoms. The van der Waals surface area contributed by atoms with E-state index in [-0.39, 0.29) is 0 Å². The zero-order valence-corrected chi connectivity index (χ0v) is 11.8. The molecular weight excluding hydrogens is 274 g/mol. The van der Waals surface area contributed by atoms with E-state index in [1.807, 2.05) is 0 Å². The van der Waals surface area contributed by atoms with Gasteiger partial charge in [0.25, 0.3) is 0 Å². The second kappa shape index (κ2) is 6.97. The van der Waals surface area contributed by atoms with Crippen molar-refractivity contribution in [2.24, 2.45) is 0 Å². The van der Waals surface area contributed by atoms with Gasteiger partial charge in [0.05, 0.1) is 0 Å². The smallest absolute Gasteiger partial charge is 0.0206 e. The van der Waals surface area contributed by atoms with Gasteiger partial charge in [0, 0.05) is 11.0 Å². The van der Waals surface area contributed by atoms with Crippen molar-refractivity contribution >= 4 is 15.9 Å². The summed E-state index contributed by atoms with van der Waals surface area (Å²) in [5.41, 5.74) is 3.00. The third-order valence-electron chi connectivity index (χ3n) is 3.23. The summed E-state index contributed by atoms with van der Waals surface area (Å²) >= 11 is 3.50. The summed E-state index contributed by atoms with van der Waals surface area (Å²) in [4.78, 5) is 0. The van der Waals surface area contributed by atoms with Crippen LogP contribution in [0.1, 0.15) is 37.7 Å². The molecule has 92 valence electrons. The molecule has 0 heterocycles. The Morgan fingerprint density at radius 1 is 1.24 bits per heavy atom. The highest BCUT2D eigenvalue weighted by Gasteiger charge is 2.02. The lowest BCUT2D eigenvalue weighted by Crippen LogP contribution is -2.15. The van der Waals surface area contributed by atoms with E-state index in [1.165, 1.54) is 37.7 Å². The molecule has 1 N–H and O–H groups in total. The molecule has 0 amide bonds. The summed E-state index contributed by atoms with van der Waals surface area (Å²) in [7, 11) is 0. The third-order valence-corrected chi connectivity index (χ3v) is 3.72. The Morgan fingerprint density at radius 3 is 2.94 bits per heavy atom. The number of nitrogens with one attached hydrogen (secondary N) is 1. The molecule has 0 saturated heterocycles. The van der Waals surface area contributed by atoms with Crippen LogP contribution in [0, 0.1) is 0 Å². The molecule has 0 saturated carbocycles. The Morgan fingerprint density at radius 2 is 2.18 bits per heavy atom. The maximum atomic E-state index is 3.51. The largest absolute Gasteiger partial charge is 0.312 e. The quantitative estimate of drug-likeness (QED) is 0.626. The van der Waals surface area contributed by atoms with Gasteiger partial charge in [-0.25, -0.2) is 0 Å². The van der Waals surface area contributed by atoms with Crippen molar-refractivity contribution in [1.29, 1.82) is 0 Å². The molecule has 0 aromatic heterocycles. The van der Waals surface area contributed by atoms with Crippen LogP contribution in [0.4, 0.5) is 0 Å². The second-order valence-corrected chi connectivity index (χ2v) is 5.58. The number of rotatable bonds is 5. The van der Waals surface area contributed by atoms with Gasteiger partial charge in [-0.1, -0.05) is 39.7 Å². The van der Waals surface area contributed by atoms with Gasteiger partial charge in [0.1, 0.15) is 0 Å². The average molecular weight is 294 g/mol. The minimum atomic E-state index is 0.965. The predicted molar refractivity (Wildman–Crippen MR) is 77.0 cm³/mol. The number of halogens is 1. The van der Waals surface area contributed by atoms with E-state index in [1.54, 1.807) is 5.57 Å². The summed E-state index contributed by atoms with van der Waals surface area (Å²) in [5.74, 6) is 0.